The zero-order valence-electron chi connectivity index (χ0n) is 9.70. The molecule has 7 heteroatoms. The van der Waals surface area contributed by atoms with Crippen LogP contribution in [0, 0.1) is 6.92 Å². The standard InChI is InChI=1S/C11H12N4OS2/c1-7-13-14-11(18-7)17-6-8-4-2-3-5-9(8)10(12)15-16/h2-5,16H,6H2,1H3,(H2,12,15). The molecule has 1 heterocycles. The molecular formula is C11H12N4OS2. The van der Waals surface area contributed by atoms with Crippen molar-refractivity contribution in [2.75, 3.05) is 0 Å². The fourth-order valence-electron chi connectivity index (χ4n) is 1.43. The maximum Gasteiger partial charge on any atom is 0.174 e. The van der Waals surface area contributed by atoms with E-state index in [2.05, 4.69) is 15.4 Å². The Morgan fingerprint density at radius 1 is 1.44 bits per heavy atom. The van der Waals surface area contributed by atoms with Gasteiger partial charge in [0, 0.05) is 11.3 Å². The summed E-state index contributed by atoms with van der Waals surface area (Å²) in [6, 6.07) is 7.57. The molecule has 0 unspecified atom stereocenters. The third kappa shape index (κ3) is 2.99. The first-order chi connectivity index (χ1) is 8.70. The Morgan fingerprint density at radius 3 is 2.89 bits per heavy atom. The second-order valence-electron chi connectivity index (χ2n) is 3.52. The lowest BCUT2D eigenvalue weighted by atomic mass is 10.1. The molecule has 0 bridgehead atoms. The van der Waals surface area contributed by atoms with E-state index in [1.54, 1.807) is 23.1 Å². The predicted octanol–water partition coefficient (Wildman–Crippen LogP) is 2.23. The number of oxime groups is 1. The molecule has 0 aliphatic rings. The molecule has 0 amide bonds. The van der Waals surface area contributed by atoms with Crippen LogP contribution in [0.4, 0.5) is 0 Å². The number of thioether (sulfide) groups is 1. The number of hydrogen-bond donors (Lipinski definition) is 2. The molecule has 1 aromatic carbocycles. The summed E-state index contributed by atoms with van der Waals surface area (Å²) in [6.45, 7) is 1.92. The number of aryl methyl sites for hydroxylation is 1. The summed E-state index contributed by atoms with van der Waals surface area (Å²) < 4.78 is 0.918. The second kappa shape index (κ2) is 5.83. The molecule has 0 aliphatic heterocycles. The molecule has 0 saturated carbocycles. The van der Waals surface area contributed by atoms with Crippen molar-refractivity contribution in [1.29, 1.82) is 0 Å². The van der Waals surface area contributed by atoms with Gasteiger partial charge in [-0.1, -0.05) is 52.5 Å². The summed E-state index contributed by atoms with van der Waals surface area (Å²) >= 11 is 3.15. The zero-order chi connectivity index (χ0) is 13.0. The largest absolute Gasteiger partial charge is 0.409 e. The normalized spacial score (nSPS) is 11.7. The van der Waals surface area contributed by atoms with Gasteiger partial charge >= 0.3 is 0 Å². The Labute approximate surface area is 113 Å². The molecule has 1 aromatic heterocycles. The highest BCUT2D eigenvalue weighted by atomic mass is 32.2. The van der Waals surface area contributed by atoms with E-state index in [0.717, 1.165) is 20.5 Å². The van der Waals surface area contributed by atoms with E-state index >= 15 is 0 Å². The average Bonchev–Trinajstić information content (AvgIpc) is 2.81. The van der Waals surface area contributed by atoms with Crippen LogP contribution in [0.2, 0.25) is 0 Å². The van der Waals surface area contributed by atoms with Crippen LogP contribution in [0.1, 0.15) is 16.1 Å². The van der Waals surface area contributed by atoms with Gasteiger partial charge in [0.2, 0.25) is 0 Å². The first kappa shape index (κ1) is 12.8. The number of hydrogen-bond acceptors (Lipinski definition) is 6. The Balaban J connectivity index is 2.14. The predicted molar refractivity (Wildman–Crippen MR) is 73.2 cm³/mol. The number of nitrogens with two attached hydrogens (primary N) is 1. The van der Waals surface area contributed by atoms with Crippen molar-refractivity contribution in [3.8, 4) is 0 Å². The lowest BCUT2D eigenvalue weighted by Crippen LogP contribution is -2.15. The highest BCUT2D eigenvalue weighted by molar-refractivity contribution is 8.00. The van der Waals surface area contributed by atoms with E-state index in [1.807, 2.05) is 31.2 Å². The average molecular weight is 280 g/mol. The van der Waals surface area contributed by atoms with Crippen LogP contribution in [-0.4, -0.2) is 21.2 Å². The number of rotatable bonds is 4. The minimum Gasteiger partial charge on any atom is -0.409 e. The summed E-state index contributed by atoms with van der Waals surface area (Å²) in [4.78, 5) is 0. The van der Waals surface area contributed by atoms with Crippen molar-refractivity contribution >= 4 is 28.9 Å². The first-order valence-electron chi connectivity index (χ1n) is 5.19. The van der Waals surface area contributed by atoms with Gasteiger partial charge in [-0.2, -0.15) is 0 Å². The zero-order valence-corrected chi connectivity index (χ0v) is 11.3. The van der Waals surface area contributed by atoms with Crippen LogP contribution in [-0.2, 0) is 5.75 Å². The van der Waals surface area contributed by atoms with Gasteiger partial charge in [0.1, 0.15) is 5.01 Å². The lowest BCUT2D eigenvalue weighted by Gasteiger charge is -2.06. The highest BCUT2D eigenvalue weighted by Crippen LogP contribution is 2.26. The van der Waals surface area contributed by atoms with Crippen molar-refractivity contribution in [2.45, 2.75) is 17.0 Å². The third-order valence-electron chi connectivity index (χ3n) is 2.26. The van der Waals surface area contributed by atoms with Crippen LogP contribution in [0.3, 0.4) is 0 Å². The molecule has 5 nitrogen and oxygen atoms in total. The molecule has 0 fully saturated rings. The topological polar surface area (TPSA) is 84.4 Å². The van der Waals surface area contributed by atoms with Gasteiger partial charge in [-0.3, -0.25) is 0 Å². The molecule has 2 aromatic rings. The van der Waals surface area contributed by atoms with E-state index in [0.29, 0.717) is 5.75 Å². The van der Waals surface area contributed by atoms with E-state index in [4.69, 9.17) is 10.9 Å². The summed E-state index contributed by atoms with van der Waals surface area (Å²) in [6.07, 6.45) is 0. The minimum absolute atomic E-state index is 0.125. The molecule has 0 aliphatic carbocycles. The molecule has 0 spiro atoms. The fraction of sp³-hybridized carbons (Fsp3) is 0.182. The van der Waals surface area contributed by atoms with Crippen LogP contribution in [0.25, 0.3) is 0 Å². The fourth-order valence-corrected chi connectivity index (χ4v) is 3.25. The molecule has 0 saturated heterocycles. The molecule has 18 heavy (non-hydrogen) atoms. The monoisotopic (exact) mass is 280 g/mol. The van der Waals surface area contributed by atoms with Crippen molar-refractivity contribution in [3.05, 3.63) is 40.4 Å². The summed E-state index contributed by atoms with van der Waals surface area (Å²) in [7, 11) is 0. The van der Waals surface area contributed by atoms with E-state index in [9.17, 15) is 0 Å². The van der Waals surface area contributed by atoms with E-state index < -0.39 is 0 Å². The molecule has 0 atom stereocenters. The van der Waals surface area contributed by atoms with Gasteiger partial charge in [-0.25, -0.2) is 0 Å². The SMILES string of the molecule is Cc1nnc(SCc2ccccc2/C(N)=N/O)s1. The Kier molecular flexibility index (Phi) is 4.16. The third-order valence-corrected chi connectivity index (χ3v) is 4.28. The van der Waals surface area contributed by atoms with Crippen molar-refractivity contribution in [2.24, 2.45) is 10.9 Å². The number of nitrogens with zero attached hydrogens (tertiary/aromatic N) is 3. The van der Waals surface area contributed by atoms with Gasteiger partial charge in [0.25, 0.3) is 0 Å². The maximum atomic E-state index is 8.74. The van der Waals surface area contributed by atoms with Gasteiger partial charge in [0.05, 0.1) is 0 Å². The van der Waals surface area contributed by atoms with Crippen molar-refractivity contribution in [3.63, 3.8) is 0 Å². The van der Waals surface area contributed by atoms with Crippen LogP contribution >= 0.6 is 23.1 Å². The maximum absolute atomic E-state index is 8.74. The van der Waals surface area contributed by atoms with E-state index in [1.165, 1.54) is 0 Å². The molecule has 94 valence electrons. The van der Waals surface area contributed by atoms with Crippen molar-refractivity contribution in [1.82, 2.24) is 10.2 Å². The smallest absolute Gasteiger partial charge is 0.174 e. The van der Waals surface area contributed by atoms with Crippen LogP contribution in [0.5, 0.6) is 0 Å². The van der Waals surface area contributed by atoms with Gasteiger partial charge in [0.15, 0.2) is 10.2 Å². The summed E-state index contributed by atoms with van der Waals surface area (Å²) in [5, 5.41) is 20.7. The highest BCUT2D eigenvalue weighted by Gasteiger charge is 2.08. The quantitative estimate of drug-likeness (QED) is 0.295. The van der Waals surface area contributed by atoms with Crippen molar-refractivity contribution < 1.29 is 5.21 Å². The molecular weight excluding hydrogens is 268 g/mol. The summed E-state index contributed by atoms with van der Waals surface area (Å²) in [5.74, 6) is 0.834. The number of aromatic nitrogens is 2. The van der Waals surface area contributed by atoms with Crippen LogP contribution < -0.4 is 5.73 Å². The Morgan fingerprint density at radius 2 is 2.22 bits per heavy atom. The Hall–Kier alpha value is -1.60. The second-order valence-corrected chi connectivity index (χ2v) is 5.92. The number of amidine groups is 1. The molecule has 2 rings (SSSR count). The van der Waals surface area contributed by atoms with Crippen LogP contribution in [0.15, 0.2) is 33.8 Å². The van der Waals surface area contributed by atoms with Gasteiger partial charge < -0.3 is 10.9 Å². The molecule has 3 N–H and O–H groups in total. The summed E-state index contributed by atoms with van der Waals surface area (Å²) in [5.41, 5.74) is 7.38. The molecule has 0 radical (unpaired) electrons. The van der Waals surface area contributed by atoms with Gasteiger partial charge in [-0.05, 0) is 12.5 Å². The van der Waals surface area contributed by atoms with E-state index in [-0.39, 0.29) is 5.84 Å². The first-order valence-corrected chi connectivity index (χ1v) is 6.99. The lowest BCUT2D eigenvalue weighted by molar-refractivity contribution is 0.318. The number of benzene rings is 1. The Bertz CT molecular complexity index is 568. The van der Waals surface area contributed by atoms with Gasteiger partial charge in [-0.15, -0.1) is 10.2 Å². The minimum atomic E-state index is 0.125.